The van der Waals surface area contributed by atoms with Gasteiger partial charge in [-0.05, 0) is 18.4 Å². The molecule has 0 heterocycles. The molecule has 28 heavy (non-hydrogen) atoms. The third kappa shape index (κ3) is 5.39. The van der Waals surface area contributed by atoms with Gasteiger partial charge in [-0.25, -0.2) is 0 Å². The number of rotatable bonds is 9. The van der Waals surface area contributed by atoms with Crippen LogP contribution in [0.3, 0.4) is 0 Å². The molecule has 0 saturated carbocycles. The maximum Gasteiger partial charge on any atom is 0.273 e. The van der Waals surface area contributed by atoms with Crippen molar-refractivity contribution < 1.29 is 14.5 Å². The molecule has 2 aromatic rings. The van der Waals surface area contributed by atoms with Gasteiger partial charge in [0.15, 0.2) is 0 Å². The van der Waals surface area contributed by atoms with Crippen molar-refractivity contribution in [2.45, 2.75) is 32.2 Å². The van der Waals surface area contributed by atoms with E-state index in [1.807, 2.05) is 37.3 Å². The molecule has 2 amide bonds. The zero-order chi connectivity index (χ0) is 20.5. The molecule has 0 aromatic heterocycles. The van der Waals surface area contributed by atoms with Gasteiger partial charge in [0.2, 0.25) is 11.8 Å². The summed E-state index contributed by atoms with van der Waals surface area (Å²) in [5, 5.41) is 13.8. The molecule has 0 bridgehead atoms. The summed E-state index contributed by atoms with van der Waals surface area (Å²) in [5.74, 6) is -0.549. The first kappa shape index (κ1) is 21.1. The van der Waals surface area contributed by atoms with E-state index in [9.17, 15) is 19.7 Å². The number of nitrogens with zero attached hydrogens (tertiary/aromatic N) is 2. The Morgan fingerprint density at radius 2 is 1.75 bits per heavy atom. The number of nitro groups is 1. The quantitative estimate of drug-likeness (QED) is 0.532. The number of likely N-dealkylation sites (N-methyl/N-ethyl adjacent to an activating group) is 1. The molecule has 2 rings (SSSR count). The number of hydrogen-bond donors (Lipinski definition) is 1. The van der Waals surface area contributed by atoms with E-state index >= 15 is 0 Å². The summed E-state index contributed by atoms with van der Waals surface area (Å²) in [6.45, 7) is 2.20. The van der Waals surface area contributed by atoms with Crippen LogP contribution in [-0.4, -0.2) is 41.3 Å². The average Bonchev–Trinajstić information content (AvgIpc) is 2.71. The largest absolute Gasteiger partial charge is 0.357 e. The molecule has 2 aromatic carbocycles. The van der Waals surface area contributed by atoms with Gasteiger partial charge in [0.05, 0.1) is 11.3 Å². The van der Waals surface area contributed by atoms with Crippen molar-refractivity contribution in [3.8, 4) is 0 Å². The fourth-order valence-corrected chi connectivity index (χ4v) is 3.17. The molecule has 0 aliphatic rings. The highest BCUT2D eigenvalue weighted by molar-refractivity contribution is 5.88. The number of carbonyl (C=O) groups excluding carboxylic acids is 2. The number of amides is 2. The summed E-state index contributed by atoms with van der Waals surface area (Å²) in [5.41, 5.74) is 1.30. The van der Waals surface area contributed by atoms with Crippen molar-refractivity contribution in [3.63, 3.8) is 0 Å². The molecule has 0 radical (unpaired) electrons. The first-order chi connectivity index (χ1) is 13.5. The van der Waals surface area contributed by atoms with Gasteiger partial charge in [-0.1, -0.05) is 55.5 Å². The van der Waals surface area contributed by atoms with Crippen molar-refractivity contribution >= 4 is 17.5 Å². The van der Waals surface area contributed by atoms with E-state index in [0.717, 1.165) is 5.56 Å². The van der Waals surface area contributed by atoms with Crippen LogP contribution in [0.4, 0.5) is 5.69 Å². The molecule has 7 heteroatoms. The van der Waals surface area contributed by atoms with Gasteiger partial charge < -0.3 is 10.2 Å². The van der Waals surface area contributed by atoms with Crippen LogP contribution in [0.1, 0.15) is 24.5 Å². The second kappa shape index (κ2) is 10.2. The summed E-state index contributed by atoms with van der Waals surface area (Å²) in [7, 11) is 1.53. The summed E-state index contributed by atoms with van der Waals surface area (Å²) < 4.78 is 0. The van der Waals surface area contributed by atoms with E-state index in [2.05, 4.69) is 5.32 Å². The van der Waals surface area contributed by atoms with E-state index in [0.29, 0.717) is 24.9 Å². The van der Waals surface area contributed by atoms with Crippen LogP contribution in [0, 0.1) is 10.1 Å². The second-order valence-electron chi connectivity index (χ2n) is 6.42. The first-order valence-electron chi connectivity index (χ1n) is 9.25. The Kier molecular flexibility index (Phi) is 7.68. The summed E-state index contributed by atoms with van der Waals surface area (Å²) in [6, 6.07) is 15.3. The Balaban J connectivity index is 2.25. The molecule has 0 spiro atoms. The molecule has 0 fully saturated rings. The zero-order valence-electron chi connectivity index (χ0n) is 16.1. The minimum Gasteiger partial charge on any atom is -0.357 e. The summed E-state index contributed by atoms with van der Waals surface area (Å²) in [4.78, 5) is 37.6. The van der Waals surface area contributed by atoms with E-state index in [-0.39, 0.29) is 23.9 Å². The van der Waals surface area contributed by atoms with E-state index in [1.54, 1.807) is 18.2 Å². The van der Waals surface area contributed by atoms with Crippen molar-refractivity contribution in [1.29, 1.82) is 0 Å². The van der Waals surface area contributed by atoms with Crippen molar-refractivity contribution in [1.82, 2.24) is 10.2 Å². The highest BCUT2D eigenvalue weighted by Gasteiger charge is 2.28. The van der Waals surface area contributed by atoms with Gasteiger partial charge in [-0.3, -0.25) is 19.7 Å². The maximum absolute atomic E-state index is 13.1. The van der Waals surface area contributed by atoms with Gasteiger partial charge in [0.1, 0.15) is 6.04 Å². The third-order valence-electron chi connectivity index (χ3n) is 4.65. The molecule has 0 saturated heterocycles. The number of nitro benzene ring substituents is 1. The Morgan fingerprint density at radius 1 is 1.11 bits per heavy atom. The maximum atomic E-state index is 13.1. The smallest absolute Gasteiger partial charge is 0.273 e. The van der Waals surface area contributed by atoms with E-state index in [1.165, 1.54) is 18.0 Å². The standard InChI is InChI=1S/C21H25N3O4/c1-3-18(21(26)22-2)23(14-13-16-9-5-4-6-10-16)20(25)15-17-11-7-8-12-19(17)24(27)28/h4-12,18H,3,13-15H2,1-2H3,(H,22,26). The molecule has 148 valence electrons. The topological polar surface area (TPSA) is 92.6 Å². The number of hydrogen-bond acceptors (Lipinski definition) is 4. The van der Waals surface area contributed by atoms with Gasteiger partial charge in [-0.15, -0.1) is 0 Å². The van der Waals surface area contributed by atoms with Gasteiger partial charge in [0.25, 0.3) is 5.69 Å². The predicted octanol–water partition coefficient (Wildman–Crippen LogP) is 2.73. The Labute approximate surface area is 164 Å². The van der Waals surface area contributed by atoms with Crippen LogP contribution in [0.5, 0.6) is 0 Å². The Morgan fingerprint density at radius 3 is 2.36 bits per heavy atom. The van der Waals surface area contributed by atoms with Crippen LogP contribution in [0.15, 0.2) is 54.6 Å². The fourth-order valence-electron chi connectivity index (χ4n) is 3.17. The molecular formula is C21H25N3O4. The SMILES string of the molecule is CCC(C(=O)NC)N(CCc1ccccc1)C(=O)Cc1ccccc1[N+](=O)[O-]. The lowest BCUT2D eigenvalue weighted by Gasteiger charge is -2.30. The number of carbonyl (C=O) groups is 2. The van der Waals surface area contributed by atoms with Crippen molar-refractivity contribution in [2.75, 3.05) is 13.6 Å². The number of nitrogens with one attached hydrogen (secondary N) is 1. The van der Waals surface area contributed by atoms with Gasteiger partial charge in [0, 0.05) is 25.2 Å². The van der Waals surface area contributed by atoms with Crippen LogP contribution in [-0.2, 0) is 22.4 Å². The lowest BCUT2D eigenvalue weighted by atomic mass is 10.1. The molecule has 7 nitrogen and oxygen atoms in total. The molecule has 1 N–H and O–H groups in total. The first-order valence-corrected chi connectivity index (χ1v) is 9.25. The predicted molar refractivity (Wildman–Crippen MR) is 107 cm³/mol. The minimum absolute atomic E-state index is 0.0909. The van der Waals surface area contributed by atoms with Crippen molar-refractivity contribution in [3.05, 3.63) is 75.8 Å². The molecule has 0 aliphatic heterocycles. The monoisotopic (exact) mass is 383 g/mol. The van der Waals surface area contributed by atoms with Crippen LogP contribution in [0.2, 0.25) is 0 Å². The zero-order valence-corrected chi connectivity index (χ0v) is 16.1. The Bertz CT molecular complexity index is 823. The van der Waals surface area contributed by atoms with E-state index < -0.39 is 11.0 Å². The highest BCUT2D eigenvalue weighted by Crippen LogP contribution is 2.20. The van der Waals surface area contributed by atoms with E-state index in [4.69, 9.17) is 0 Å². The van der Waals surface area contributed by atoms with Crippen LogP contribution in [0.25, 0.3) is 0 Å². The molecule has 1 unspecified atom stereocenters. The van der Waals surface area contributed by atoms with Gasteiger partial charge in [-0.2, -0.15) is 0 Å². The second-order valence-corrected chi connectivity index (χ2v) is 6.42. The lowest BCUT2D eigenvalue weighted by molar-refractivity contribution is -0.385. The van der Waals surface area contributed by atoms with Gasteiger partial charge >= 0.3 is 0 Å². The third-order valence-corrected chi connectivity index (χ3v) is 4.65. The van der Waals surface area contributed by atoms with Crippen molar-refractivity contribution in [2.24, 2.45) is 0 Å². The molecular weight excluding hydrogens is 358 g/mol. The lowest BCUT2D eigenvalue weighted by Crippen LogP contribution is -2.49. The Hall–Kier alpha value is -3.22. The molecule has 1 atom stereocenters. The number of para-hydroxylation sites is 1. The normalized spacial score (nSPS) is 11.5. The summed E-state index contributed by atoms with van der Waals surface area (Å²) >= 11 is 0. The van der Waals surface area contributed by atoms with Crippen LogP contribution < -0.4 is 5.32 Å². The number of benzene rings is 2. The minimum atomic E-state index is -0.621. The highest BCUT2D eigenvalue weighted by atomic mass is 16.6. The molecule has 0 aliphatic carbocycles. The fraction of sp³-hybridized carbons (Fsp3) is 0.333. The van der Waals surface area contributed by atoms with Crippen LogP contribution >= 0.6 is 0 Å². The average molecular weight is 383 g/mol. The summed E-state index contributed by atoms with van der Waals surface area (Å²) in [6.07, 6.45) is 0.924.